The number of aromatic hydroxyl groups is 1. The van der Waals surface area contributed by atoms with Crippen LogP contribution in [0.1, 0.15) is 80.7 Å². The van der Waals surface area contributed by atoms with Gasteiger partial charge in [0.25, 0.3) is 11.9 Å². The van der Waals surface area contributed by atoms with E-state index in [-0.39, 0.29) is 18.3 Å². The van der Waals surface area contributed by atoms with Gasteiger partial charge >= 0.3 is 6.03 Å². The van der Waals surface area contributed by atoms with E-state index in [1.807, 2.05) is 12.1 Å². The Balaban J connectivity index is 0.00000151. The minimum atomic E-state index is -0.900. The number of rotatable bonds is 18. The third-order valence-electron chi connectivity index (χ3n) is 7.06. The zero-order valence-electron chi connectivity index (χ0n) is 25.2. The molecule has 0 saturated carbocycles. The summed E-state index contributed by atoms with van der Waals surface area (Å²) in [7, 11) is 0. The average Bonchev–Trinajstić information content (AvgIpc) is 3.21. The number of amides is 3. The molecule has 1 aliphatic rings. The summed E-state index contributed by atoms with van der Waals surface area (Å²) in [5.74, 6) is -1.08. The maximum atomic E-state index is 12.1. The SMILES string of the molecule is CC(=O)O.C[C@@]1(Cc2cccc(CCCCOCCCCCCNC[C@H](O)c3ccc(O)c(CO)c3)c2)NC(=O)NC1=O. The number of carbonyl (C=O) groups is 3. The van der Waals surface area contributed by atoms with Crippen LogP contribution in [-0.2, 0) is 33.8 Å². The van der Waals surface area contributed by atoms with Crippen molar-refractivity contribution in [2.45, 2.75) is 83.5 Å². The molecule has 0 bridgehead atoms. The number of unbranched alkanes of at least 4 members (excludes halogenated alkanes) is 4. The molecule has 3 rings (SSSR count). The number of aliphatic hydroxyl groups is 2. The van der Waals surface area contributed by atoms with Gasteiger partial charge in [-0.2, -0.15) is 0 Å². The highest BCUT2D eigenvalue weighted by atomic mass is 16.5. The molecule has 2 atom stereocenters. The molecule has 11 heteroatoms. The number of ether oxygens (including phenoxy) is 1. The maximum Gasteiger partial charge on any atom is 0.322 e. The smallest absolute Gasteiger partial charge is 0.322 e. The van der Waals surface area contributed by atoms with Crippen LogP contribution in [0.4, 0.5) is 4.79 Å². The fraction of sp³-hybridized carbons (Fsp3) is 0.531. The molecule has 1 fully saturated rings. The number of nitrogens with one attached hydrogen (secondary N) is 3. The molecule has 0 aliphatic carbocycles. The molecular weight excluding hydrogens is 554 g/mol. The molecule has 3 amide bonds. The predicted octanol–water partition coefficient (Wildman–Crippen LogP) is 3.34. The van der Waals surface area contributed by atoms with Gasteiger partial charge in [-0.05, 0) is 74.4 Å². The quantitative estimate of drug-likeness (QED) is 0.0997. The Kier molecular flexibility index (Phi) is 15.7. The van der Waals surface area contributed by atoms with Gasteiger partial charge < -0.3 is 35.8 Å². The first-order chi connectivity index (χ1) is 20.5. The Morgan fingerprint density at radius 1 is 1.00 bits per heavy atom. The summed E-state index contributed by atoms with van der Waals surface area (Å²) in [4.78, 5) is 32.5. The minimum absolute atomic E-state index is 0.0354. The number of aliphatic carboxylic acids is 1. The van der Waals surface area contributed by atoms with Crippen molar-refractivity contribution >= 4 is 17.9 Å². The largest absolute Gasteiger partial charge is 0.508 e. The predicted molar refractivity (Wildman–Crippen MR) is 163 cm³/mol. The van der Waals surface area contributed by atoms with Crippen LogP contribution in [0, 0.1) is 0 Å². The van der Waals surface area contributed by atoms with E-state index in [9.17, 15) is 24.9 Å². The summed E-state index contributed by atoms with van der Waals surface area (Å²) in [6, 6.07) is 12.5. The molecule has 1 heterocycles. The molecule has 238 valence electrons. The maximum absolute atomic E-state index is 12.1. The Labute approximate surface area is 253 Å². The zero-order valence-corrected chi connectivity index (χ0v) is 25.2. The molecule has 0 aromatic heterocycles. The molecule has 0 spiro atoms. The molecule has 7 N–H and O–H groups in total. The Morgan fingerprint density at radius 3 is 2.35 bits per heavy atom. The fourth-order valence-electron chi connectivity index (χ4n) is 4.75. The highest BCUT2D eigenvalue weighted by Crippen LogP contribution is 2.22. The van der Waals surface area contributed by atoms with Gasteiger partial charge in [-0.3, -0.25) is 14.9 Å². The molecule has 0 unspecified atom stereocenters. The topological polar surface area (TPSA) is 177 Å². The summed E-state index contributed by atoms with van der Waals surface area (Å²) in [5.41, 5.74) is 2.45. The normalized spacial score (nSPS) is 16.7. The summed E-state index contributed by atoms with van der Waals surface area (Å²) in [5, 5.41) is 44.8. The van der Waals surface area contributed by atoms with Crippen molar-refractivity contribution in [3.63, 3.8) is 0 Å². The molecule has 2 aromatic carbocycles. The van der Waals surface area contributed by atoms with Crippen LogP contribution in [0.2, 0.25) is 0 Å². The number of carbonyl (C=O) groups excluding carboxylic acids is 2. The number of aliphatic hydroxyl groups excluding tert-OH is 2. The lowest BCUT2D eigenvalue weighted by Gasteiger charge is -2.20. The lowest BCUT2D eigenvalue weighted by Crippen LogP contribution is -2.45. The van der Waals surface area contributed by atoms with Gasteiger partial charge in [0.15, 0.2) is 0 Å². The van der Waals surface area contributed by atoms with Crippen molar-refractivity contribution in [1.82, 2.24) is 16.0 Å². The van der Waals surface area contributed by atoms with Crippen molar-refractivity contribution in [2.75, 3.05) is 26.3 Å². The molecule has 11 nitrogen and oxygen atoms in total. The second kappa shape index (κ2) is 18.9. The monoisotopic (exact) mass is 601 g/mol. The Morgan fingerprint density at radius 2 is 1.67 bits per heavy atom. The number of aryl methyl sites for hydroxylation is 1. The second-order valence-corrected chi connectivity index (χ2v) is 11.0. The number of benzene rings is 2. The van der Waals surface area contributed by atoms with E-state index < -0.39 is 23.6 Å². The van der Waals surface area contributed by atoms with Crippen LogP contribution >= 0.6 is 0 Å². The van der Waals surface area contributed by atoms with Gasteiger partial charge in [0.05, 0.1) is 12.7 Å². The first-order valence-corrected chi connectivity index (χ1v) is 14.8. The number of phenols is 1. The van der Waals surface area contributed by atoms with Crippen LogP contribution < -0.4 is 16.0 Å². The molecule has 43 heavy (non-hydrogen) atoms. The average molecular weight is 602 g/mol. The molecule has 0 radical (unpaired) electrons. The number of carboxylic acids is 1. The first-order valence-electron chi connectivity index (χ1n) is 14.8. The van der Waals surface area contributed by atoms with Gasteiger partial charge in [0, 0.05) is 38.7 Å². The van der Waals surface area contributed by atoms with E-state index in [1.165, 1.54) is 11.6 Å². The number of imide groups is 1. The van der Waals surface area contributed by atoms with E-state index in [0.29, 0.717) is 24.1 Å². The van der Waals surface area contributed by atoms with Crippen LogP contribution in [0.15, 0.2) is 42.5 Å². The van der Waals surface area contributed by atoms with Gasteiger partial charge in [0.1, 0.15) is 11.3 Å². The second-order valence-electron chi connectivity index (χ2n) is 11.0. The van der Waals surface area contributed by atoms with E-state index >= 15 is 0 Å². The summed E-state index contributed by atoms with van der Waals surface area (Å²) >= 11 is 0. The molecular formula is C32H47N3O8. The number of carboxylic acid groups (broad SMARTS) is 1. The zero-order chi connectivity index (χ0) is 31.7. The van der Waals surface area contributed by atoms with Crippen LogP contribution in [0.25, 0.3) is 0 Å². The lowest BCUT2D eigenvalue weighted by molar-refractivity contribution is -0.134. The third-order valence-corrected chi connectivity index (χ3v) is 7.06. The van der Waals surface area contributed by atoms with Gasteiger partial charge in [-0.25, -0.2) is 4.79 Å². The van der Waals surface area contributed by atoms with E-state index in [0.717, 1.165) is 77.2 Å². The van der Waals surface area contributed by atoms with E-state index in [1.54, 1.807) is 19.1 Å². The fourth-order valence-corrected chi connectivity index (χ4v) is 4.75. The number of hydrogen-bond donors (Lipinski definition) is 7. The summed E-state index contributed by atoms with van der Waals surface area (Å²) in [6.07, 6.45) is 7.02. The van der Waals surface area contributed by atoms with Crippen LogP contribution in [0.5, 0.6) is 5.75 Å². The van der Waals surface area contributed by atoms with Crippen molar-refractivity contribution in [2.24, 2.45) is 0 Å². The van der Waals surface area contributed by atoms with Gasteiger partial charge in [-0.1, -0.05) is 43.2 Å². The third kappa shape index (κ3) is 13.6. The van der Waals surface area contributed by atoms with Crippen molar-refractivity contribution < 1.29 is 39.5 Å². The molecule has 1 saturated heterocycles. The van der Waals surface area contributed by atoms with Crippen LogP contribution in [0.3, 0.4) is 0 Å². The van der Waals surface area contributed by atoms with Crippen molar-refractivity contribution in [3.8, 4) is 5.75 Å². The Hall–Kier alpha value is -3.51. The summed E-state index contributed by atoms with van der Waals surface area (Å²) in [6.45, 7) is 5.34. The van der Waals surface area contributed by atoms with Gasteiger partial charge in [0.2, 0.25) is 0 Å². The lowest BCUT2D eigenvalue weighted by atomic mass is 9.92. The van der Waals surface area contributed by atoms with Crippen LogP contribution in [-0.4, -0.2) is 70.2 Å². The molecule has 1 aliphatic heterocycles. The standard InChI is InChI=1S/C30H43N3O6.C2H4O2/c1-30(28(37)32-29(38)33-30)19-23-11-8-10-22(17-23)9-4-7-16-39-15-6-3-2-5-14-31-20-27(36)24-12-13-26(35)25(18-24)21-34;1-2(3)4/h8,10-13,17-18,27,31,34-36H,2-7,9,14-16,19-21H2,1H3,(H2,32,33,37,38);1H3,(H,3,4)/t27-,30-;/m0./s1. The highest BCUT2D eigenvalue weighted by Gasteiger charge is 2.41. The summed E-state index contributed by atoms with van der Waals surface area (Å²) < 4.78 is 5.79. The number of hydrogen-bond acceptors (Lipinski definition) is 8. The highest BCUT2D eigenvalue weighted by molar-refractivity contribution is 6.06. The molecule has 2 aromatic rings. The van der Waals surface area contributed by atoms with E-state index in [2.05, 4.69) is 28.1 Å². The van der Waals surface area contributed by atoms with Crippen molar-refractivity contribution in [3.05, 3.63) is 64.7 Å². The number of urea groups is 1. The first kappa shape index (κ1) is 35.7. The van der Waals surface area contributed by atoms with Gasteiger partial charge in [-0.15, -0.1) is 0 Å². The van der Waals surface area contributed by atoms with Crippen molar-refractivity contribution in [1.29, 1.82) is 0 Å². The van der Waals surface area contributed by atoms with E-state index in [4.69, 9.17) is 14.6 Å². The Bertz CT molecular complexity index is 1170. The minimum Gasteiger partial charge on any atom is -0.508 e.